The molecule has 228 valence electrons. The quantitative estimate of drug-likeness (QED) is 0.424. The Hall–Kier alpha value is -3.28. The number of amides is 1. The van der Waals surface area contributed by atoms with Crippen LogP contribution in [0.15, 0.2) is 42.7 Å². The van der Waals surface area contributed by atoms with E-state index in [2.05, 4.69) is 27.3 Å². The van der Waals surface area contributed by atoms with Crippen LogP contribution in [0.4, 0.5) is 18.9 Å². The molecule has 4 heterocycles. The second kappa shape index (κ2) is 10.4. The van der Waals surface area contributed by atoms with Crippen molar-refractivity contribution in [2.45, 2.75) is 75.3 Å². The van der Waals surface area contributed by atoms with Crippen LogP contribution in [0.5, 0.6) is 0 Å². The summed E-state index contributed by atoms with van der Waals surface area (Å²) in [5.41, 5.74) is 1.01. The number of piperidine rings is 1. The van der Waals surface area contributed by atoms with E-state index in [1.165, 1.54) is 11.0 Å². The van der Waals surface area contributed by atoms with Crippen LogP contribution < -0.4 is 10.2 Å². The molecule has 1 aliphatic carbocycles. The zero-order valence-corrected chi connectivity index (χ0v) is 24.6. The molecule has 43 heavy (non-hydrogen) atoms. The van der Waals surface area contributed by atoms with Crippen LogP contribution in [0.2, 0.25) is 0 Å². The van der Waals surface area contributed by atoms with Crippen molar-refractivity contribution in [2.75, 3.05) is 31.2 Å². The van der Waals surface area contributed by atoms with Gasteiger partial charge >= 0.3 is 6.18 Å². The molecule has 0 spiro atoms. The van der Waals surface area contributed by atoms with E-state index in [-0.39, 0.29) is 23.2 Å². The number of hydrogen-bond acceptors (Lipinski definition) is 6. The molecule has 11 heteroatoms. The maximum absolute atomic E-state index is 14.3. The second-order valence-corrected chi connectivity index (χ2v) is 13.0. The Kier molecular flexibility index (Phi) is 6.90. The summed E-state index contributed by atoms with van der Waals surface area (Å²) in [6, 6.07) is 11.0. The van der Waals surface area contributed by atoms with E-state index in [1.54, 1.807) is 12.4 Å². The van der Waals surface area contributed by atoms with Gasteiger partial charge in [0.05, 0.1) is 36.8 Å². The fourth-order valence-corrected chi connectivity index (χ4v) is 7.27. The number of hydrogen-bond donors (Lipinski definition) is 1. The number of rotatable bonds is 7. The molecule has 1 aromatic heterocycles. The number of halogens is 3. The number of likely N-dealkylation sites (tertiary alicyclic amines) is 1. The number of aryl methyl sites for hydroxylation is 1. The summed E-state index contributed by atoms with van der Waals surface area (Å²) in [6.07, 6.45) is 1.85. The standard InChI is InChI=1S/C32H37F3N6O2/c1-30(7-4-8-30)36-16-21-13-25-26(27(14-21)32(33,34)35)17-41(28(25)42)23-6-3-5-22(15-23)31(29-38-37-20-39(29)2)9-11-40(12-10-31)24-18-43-19-24/h3,5-6,13-15,20,24,36H,4,7-12,16-19H2,1-2H3. The molecule has 8 nitrogen and oxygen atoms in total. The number of carbonyl (C=O) groups excluding carboxylic acids is 1. The lowest BCUT2D eigenvalue weighted by Crippen LogP contribution is -2.54. The minimum atomic E-state index is -4.56. The average molecular weight is 595 g/mol. The van der Waals surface area contributed by atoms with Crippen LogP contribution in [-0.2, 0) is 36.5 Å². The number of fused-ring (bicyclic) bond motifs is 1. The molecule has 1 N–H and O–H groups in total. The minimum Gasteiger partial charge on any atom is -0.378 e. The first-order valence-corrected chi connectivity index (χ1v) is 15.1. The Bertz CT molecular complexity index is 1540. The highest BCUT2D eigenvalue weighted by molar-refractivity contribution is 6.10. The fraction of sp³-hybridized carbons (Fsp3) is 0.531. The van der Waals surface area contributed by atoms with Crippen molar-refractivity contribution in [3.63, 3.8) is 0 Å². The monoisotopic (exact) mass is 594 g/mol. The molecule has 4 aliphatic rings. The largest absolute Gasteiger partial charge is 0.416 e. The zero-order chi connectivity index (χ0) is 30.0. The van der Waals surface area contributed by atoms with Crippen molar-refractivity contribution in [3.05, 3.63) is 76.4 Å². The number of carbonyl (C=O) groups is 1. The number of ether oxygens (including phenoxy) is 1. The van der Waals surface area contributed by atoms with E-state index in [4.69, 9.17) is 4.74 Å². The minimum absolute atomic E-state index is 0.0422. The van der Waals surface area contributed by atoms with Gasteiger partial charge in [-0.2, -0.15) is 13.2 Å². The SMILES string of the molecule is Cn1cnnc1C1(c2cccc(N3Cc4c(cc(CNC5(C)CCC5)cc4C(F)(F)F)C3=O)c2)CCN(C2COC2)CC1. The third-order valence-corrected chi connectivity index (χ3v) is 10.2. The van der Waals surface area contributed by atoms with Crippen molar-refractivity contribution in [3.8, 4) is 0 Å². The molecule has 0 atom stereocenters. The van der Waals surface area contributed by atoms with Crippen LogP contribution in [0.25, 0.3) is 0 Å². The van der Waals surface area contributed by atoms with Gasteiger partial charge in [-0.25, -0.2) is 0 Å². The van der Waals surface area contributed by atoms with Gasteiger partial charge in [-0.3, -0.25) is 9.69 Å². The van der Waals surface area contributed by atoms with Crippen molar-refractivity contribution < 1.29 is 22.7 Å². The van der Waals surface area contributed by atoms with Crippen LogP contribution in [0, 0.1) is 0 Å². The molecule has 0 radical (unpaired) electrons. The molecule has 2 aromatic carbocycles. The van der Waals surface area contributed by atoms with E-state index in [0.717, 1.165) is 69.8 Å². The van der Waals surface area contributed by atoms with E-state index < -0.39 is 23.1 Å². The fourth-order valence-electron chi connectivity index (χ4n) is 7.27. The second-order valence-electron chi connectivity index (χ2n) is 13.0. The van der Waals surface area contributed by atoms with Gasteiger partial charge in [0.1, 0.15) is 12.2 Å². The Balaban J connectivity index is 1.21. The van der Waals surface area contributed by atoms with E-state index in [0.29, 0.717) is 23.8 Å². The molecule has 3 fully saturated rings. The van der Waals surface area contributed by atoms with Gasteiger partial charge in [0.25, 0.3) is 5.91 Å². The third-order valence-electron chi connectivity index (χ3n) is 10.2. The van der Waals surface area contributed by atoms with Crippen molar-refractivity contribution in [2.24, 2.45) is 7.05 Å². The number of alkyl halides is 3. The van der Waals surface area contributed by atoms with Crippen LogP contribution >= 0.6 is 0 Å². The summed E-state index contributed by atoms with van der Waals surface area (Å²) in [6.45, 7) is 5.49. The van der Waals surface area contributed by atoms with Gasteiger partial charge in [-0.15, -0.1) is 10.2 Å². The highest BCUT2D eigenvalue weighted by Crippen LogP contribution is 2.44. The molecular weight excluding hydrogens is 557 g/mol. The molecule has 2 saturated heterocycles. The van der Waals surface area contributed by atoms with Gasteiger partial charge in [0.15, 0.2) is 0 Å². The van der Waals surface area contributed by atoms with Crippen LogP contribution in [0.3, 0.4) is 0 Å². The Morgan fingerprint density at radius 1 is 1.09 bits per heavy atom. The number of aromatic nitrogens is 3. The summed E-state index contributed by atoms with van der Waals surface area (Å²) in [4.78, 5) is 17.7. The number of nitrogens with zero attached hydrogens (tertiary/aromatic N) is 5. The number of benzene rings is 2. The highest BCUT2D eigenvalue weighted by atomic mass is 19.4. The number of anilines is 1. The third kappa shape index (κ3) is 4.95. The Labute approximate surface area is 249 Å². The van der Waals surface area contributed by atoms with E-state index >= 15 is 0 Å². The first-order valence-electron chi connectivity index (χ1n) is 15.1. The zero-order valence-electron chi connectivity index (χ0n) is 24.6. The molecule has 0 bridgehead atoms. The van der Waals surface area contributed by atoms with Crippen LogP contribution in [0.1, 0.15) is 77.5 Å². The van der Waals surface area contributed by atoms with Crippen LogP contribution in [-0.4, -0.2) is 63.5 Å². The summed E-state index contributed by atoms with van der Waals surface area (Å²) in [5.74, 6) is 0.448. The topological polar surface area (TPSA) is 75.5 Å². The van der Waals surface area contributed by atoms with Crippen molar-refractivity contribution >= 4 is 11.6 Å². The van der Waals surface area contributed by atoms with Gasteiger partial charge in [0, 0.05) is 30.4 Å². The van der Waals surface area contributed by atoms with E-state index in [9.17, 15) is 18.0 Å². The molecule has 3 aliphatic heterocycles. The summed E-state index contributed by atoms with van der Waals surface area (Å²) < 4.78 is 50.3. The first-order chi connectivity index (χ1) is 20.6. The maximum atomic E-state index is 14.3. The Morgan fingerprint density at radius 3 is 2.47 bits per heavy atom. The Morgan fingerprint density at radius 2 is 1.86 bits per heavy atom. The number of nitrogens with one attached hydrogen (secondary N) is 1. The van der Waals surface area contributed by atoms with Gasteiger partial charge in [0.2, 0.25) is 0 Å². The summed E-state index contributed by atoms with van der Waals surface area (Å²) >= 11 is 0. The summed E-state index contributed by atoms with van der Waals surface area (Å²) in [5, 5.41) is 12.1. The molecule has 1 saturated carbocycles. The lowest BCUT2D eigenvalue weighted by molar-refractivity contribution is -0.138. The van der Waals surface area contributed by atoms with Crippen molar-refractivity contribution in [1.82, 2.24) is 25.0 Å². The predicted molar refractivity (Wildman–Crippen MR) is 155 cm³/mol. The molecule has 7 rings (SSSR count). The molecular formula is C32H37F3N6O2. The first kappa shape index (κ1) is 28.5. The molecule has 1 amide bonds. The average Bonchev–Trinajstić information content (AvgIpc) is 3.53. The van der Waals surface area contributed by atoms with Gasteiger partial charge in [-0.1, -0.05) is 12.1 Å². The maximum Gasteiger partial charge on any atom is 0.416 e. The predicted octanol–water partition coefficient (Wildman–Crippen LogP) is 4.81. The smallest absolute Gasteiger partial charge is 0.378 e. The molecule has 0 unspecified atom stereocenters. The summed E-state index contributed by atoms with van der Waals surface area (Å²) in [7, 11) is 1.93. The lowest BCUT2D eigenvalue weighted by Gasteiger charge is -2.46. The van der Waals surface area contributed by atoms with Crippen molar-refractivity contribution in [1.29, 1.82) is 0 Å². The van der Waals surface area contributed by atoms with E-state index in [1.807, 2.05) is 35.9 Å². The van der Waals surface area contributed by atoms with Gasteiger partial charge < -0.3 is 19.5 Å². The molecule has 3 aromatic rings. The highest BCUT2D eigenvalue weighted by Gasteiger charge is 2.45. The normalized spacial score (nSPS) is 21.9. The van der Waals surface area contributed by atoms with Gasteiger partial charge in [-0.05, 0) is 93.1 Å². The lowest BCUT2D eigenvalue weighted by atomic mass is 9.71.